The van der Waals surface area contributed by atoms with Gasteiger partial charge < -0.3 is 14.9 Å². The van der Waals surface area contributed by atoms with Gasteiger partial charge in [0.25, 0.3) is 0 Å². The van der Waals surface area contributed by atoms with Crippen molar-refractivity contribution in [3.05, 3.63) is 11.6 Å². The molecule has 5 aliphatic rings. The Bertz CT molecular complexity index is 1090. The Balaban J connectivity index is 1.56. The van der Waals surface area contributed by atoms with Gasteiger partial charge >= 0.3 is 17.9 Å². The first-order valence-electron chi connectivity index (χ1n) is 14.8. The van der Waals surface area contributed by atoms with Gasteiger partial charge in [-0.3, -0.25) is 14.4 Å². The lowest BCUT2D eigenvalue weighted by Gasteiger charge is -2.71. The highest BCUT2D eigenvalue weighted by molar-refractivity contribution is 5.79. The predicted octanol–water partition coefficient (Wildman–Crippen LogP) is 6.87. The number of carboxylic acids is 2. The Morgan fingerprint density at radius 2 is 1.50 bits per heavy atom. The Hall–Kier alpha value is -1.85. The molecule has 0 radical (unpaired) electrons. The summed E-state index contributed by atoms with van der Waals surface area (Å²) >= 11 is 0. The van der Waals surface area contributed by atoms with Gasteiger partial charge in [-0.25, -0.2) is 0 Å². The van der Waals surface area contributed by atoms with Crippen LogP contribution in [0.15, 0.2) is 11.6 Å². The van der Waals surface area contributed by atoms with Crippen molar-refractivity contribution in [3.8, 4) is 0 Å². The largest absolute Gasteiger partial charge is 0.481 e. The van der Waals surface area contributed by atoms with Crippen LogP contribution in [-0.2, 0) is 19.1 Å². The zero-order chi connectivity index (χ0) is 28.1. The van der Waals surface area contributed by atoms with Crippen LogP contribution in [0.2, 0.25) is 0 Å². The van der Waals surface area contributed by atoms with Gasteiger partial charge in [-0.1, -0.05) is 46.3 Å². The molecular weight excluding hydrogens is 480 g/mol. The van der Waals surface area contributed by atoms with Gasteiger partial charge in [-0.05, 0) is 105 Å². The summed E-state index contributed by atoms with van der Waals surface area (Å²) in [6.07, 6.45) is 10.0. The predicted molar refractivity (Wildman–Crippen MR) is 144 cm³/mol. The molecular formula is C32H48O6. The van der Waals surface area contributed by atoms with Gasteiger partial charge in [-0.2, -0.15) is 0 Å². The zero-order valence-electron chi connectivity index (χ0n) is 24.5. The molecule has 6 heteroatoms. The van der Waals surface area contributed by atoms with Crippen LogP contribution in [0.3, 0.4) is 0 Å². The van der Waals surface area contributed by atoms with E-state index in [1.807, 2.05) is 6.92 Å². The Morgan fingerprint density at radius 3 is 2.11 bits per heavy atom. The Labute approximate surface area is 228 Å². The van der Waals surface area contributed by atoms with Crippen LogP contribution in [0.4, 0.5) is 0 Å². The molecule has 0 aliphatic heterocycles. The topological polar surface area (TPSA) is 101 Å². The van der Waals surface area contributed by atoms with Crippen molar-refractivity contribution in [1.82, 2.24) is 0 Å². The van der Waals surface area contributed by atoms with Crippen molar-refractivity contribution in [1.29, 1.82) is 0 Å². The molecule has 0 unspecified atom stereocenters. The van der Waals surface area contributed by atoms with E-state index in [1.165, 1.54) is 12.5 Å². The highest BCUT2D eigenvalue weighted by atomic mass is 16.5. The van der Waals surface area contributed by atoms with E-state index in [4.69, 9.17) is 4.74 Å². The first kappa shape index (κ1) is 27.7. The molecule has 6 nitrogen and oxygen atoms in total. The van der Waals surface area contributed by atoms with E-state index in [1.54, 1.807) is 0 Å². The maximum atomic E-state index is 12.8. The van der Waals surface area contributed by atoms with Crippen LogP contribution in [0.1, 0.15) is 113 Å². The minimum atomic E-state index is -0.886. The lowest BCUT2D eigenvalue weighted by molar-refractivity contribution is -0.213. The average Bonchev–Trinajstić information content (AvgIpc) is 2.81. The van der Waals surface area contributed by atoms with Gasteiger partial charge in [0.2, 0.25) is 0 Å². The maximum Gasteiger partial charge on any atom is 0.310 e. The molecule has 0 aromatic heterocycles. The van der Waals surface area contributed by atoms with Gasteiger partial charge in [0.15, 0.2) is 0 Å². The van der Waals surface area contributed by atoms with Crippen LogP contribution in [0.25, 0.3) is 0 Å². The molecule has 0 spiro atoms. The third-order valence-corrected chi connectivity index (χ3v) is 13.6. The summed E-state index contributed by atoms with van der Waals surface area (Å²) in [5.41, 5.74) is -0.649. The summed E-state index contributed by atoms with van der Waals surface area (Å²) < 4.78 is 5.84. The average molecular weight is 529 g/mol. The van der Waals surface area contributed by atoms with Crippen molar-refractivity contribution in [2.75, 3.05) is 0 Å². The van der Waals surface area contributed by atoms with Crippen molar-refractivity contribution >= 4 is 17.9 Å². The standard InChI is InChI=1S/C32H48O6/c1-19(33)38-24-11-12-29(5)22(27(24,2)3)10-13-31(7)23(29)9-8-20-21-18-28(4,25(34)35)14-16-32(21,26(36)37)17-15-30(20,31)6/h8,21-24H,9-18H2,1-7H3,(H,34,35)(H,36,37)/t21-,22-,23+,24-,28+,29-,30+,31+,32-/m0/s1. The van der Waals surface area contributed by atoms with Crippen LogP contribution in [0.5, 0.6) is 0 Å². The van der Waals surface area contributed by atoms with E-state index in [2.05, 4.69) is 40.7 Å². The summed E-state index contributed by atoms with van der Waals surface area (Å²) in [5.74, 6) is -1.08. The Morgan fingerprint density at radius 1 is 0.842 bits per heavy atom. The number of allylic oxidation sites excluding steroid dienone is 2. The first-order chi connectivity index (χ1) is 17.5. The number of carboxylic acid groups (broad SMARTS) is 2. The van der Waals surface area contributed by atoms with Gasteiger partial charge in [0.1, 0.15) is 6.10 Å². The second-order valence-electron chi connectivity index (χ2n) is 15.3. The molecule has 0 amide bonds. The third-order valence-electron chi connectivity index (χ3n) is 13.6. The molecule has 38 heavy (non-hydrogen) atoms. The number of ether oxygens (including phenoxy) is 1. The van der Waals surface area contributed by atoms with Crippen molar-refractivity contribution < 1.29 is 29.3 Å². The van der Waals surface area contributed by atoms with Gasteiger partial charge in [0.05, 0.1) is 10.8 Å². The SMILES string of the molecule is CC(=O)O[C@H]1CC[C@]2(C)[C@H]3CC=C4[C@@H]5C[C@](C)(C(=O)O)CC[C@]5(C(=O)O)CC[C@@]4(C)[C@]3(C)CC[C@H]2C1(C)C. The summed E-state index contributed by atoms with van der Waals surface area (Å²) in [4.78, 5) is 37.0. The number of hydrogen-bond donors (Lipinski definition) is 2. The Kier molecular flexibility index (Phi) is 6.07. The van der Waals surface area contributed by atoms with Gasteiger partial charge in [-0.15, -0.1) is 0 Å². The number of hydrogen-bond acceptors (Lipinski definition) is 4. The lowest BCUT2D eigenvalue weighted by atomic mass is 9.33. The van der Waals surface area contributed by atoms with E-state index in [9.17, 15) is 24.6 Å². The molecule has 5 aliphatic carbocycles. The molecule has 9 atom stereocenters. The van der Waals surface area contributed by atoms with E-state index in [-0.39, 0.29) is 39.7 Å². The van der Waals surface area contributed by atoms with E-state index in [0.29, 0.717) is 37.5 Å². The number of carbonyl (C=O) groups excluding carboxylic acids is 1. The molecule has 0 aromatic rings. The molecule has 4 fully saturated rings. The summed E-state index contributed by atoms with van der Waals surface area (Å²) in [7, 11) is 0. The normalized spacial score (nSPS) is 49.3. The third kappa shape index (κ3) is 3.39. The van der Waals surface area contributed by atoms with Crippen LogP contribution in [-0.4, -0.2) is 34.2 Å². The van der Waals surface area contributed by atoms with E-state index < -0.39 is 22.8 Å². The van der Waals surface area contributed by atoms with E-state index in [0.717, 1.165) is 38.5 Å². The van der Waals surface area contributed by atoms with Gasteiger partial charge in [0, 0.05) is 12.3 Å². The number of carbonyl (C=O) groups is 3. The monoisotopic (exact) mass is 528 g/mol. The van der Waals surface area contributed by atoms with Crippen LogP contribution >= 0.6 is 0 Å². The zero-order valence-corrected chi connectivity index (χ0v) is 24.5. The fraction of sp³-hybridized carbons (Fsp3) is 0.844. The molecule has 212 valence electrons. The summed E-state index contributed by atoms with van der Waals surface area (Å²) in [6, 6.07) is 0. The minimum absolute atomic E-state index is 0.00835. The molecule has 0 bridgehead atoms. The number of aliphatic carboxylic acids is 2. The highest BCUT2D eigenvalue weighted by Gasteiger charge is 2.70. The smallest absolute Gasteiger partial charge is 0.310 e. The van der Waals surface area contributed by atoms with E-state index >= 15 is 0 Å². The lowest BCUT2D eigenvalue weighted by Crippen LogP contribution is -2.65. The summed E-state index contributed by atoms with van der Waals surface area (Å²) in [6.45, 7) is 15.2. The van der Waals surface area contributed by atoms with Crippen molar-refractivity contribution in [2.45, 2.75) is 119 Å². The molecule has 0 heterocycles. The second kappa shape index (κ2) is 8.33. The molecule has 0 saturated heterocycles. The van der Waals surface area contributed by atoms with Crippen LogP contribution < -0.4 is 0 Å². The number of fused-ring (bicyclic) bond motifs is 7. The fourth-order valence-corrected chi connectivity index (χ4v) is 11.0. The first-order valence-corrected chi connectivity index (χ1v) is 14.8. The highest BCUT2D eigenvalue weighted by Crippen LogP contribution is 2.75. The summed E-state index contributed by atoms with van der Waals surface area (Å²) in [5, 5.41) is 20.6. The van der Waals surface area contributed by atoms with Crippen molar-refractivity contribution in [3.63, 3.8) is 0 Å². The van der Waals surface area contributed by atoms with Crippen LogP contribution in [0, 0.1) is 50.2 Å². The minimum Gasteiger partial charge on any atom is -0.481 e. The second-order valence-corrected chi connectivity index (χ2v) is 15.3. The molecule has 2 N–H and O–H groups in total. The van der Waals surface area contributed by atoms with Crippen molar-refractivity contribution in [2.24, 2.45) is 50.2 Å². The molecule has 5 rings (SSSR count). The molecule has 4 saturated carbocycles. The number of esters is 1. The molecule has 0 aromatic carbocycles. The maximum absolute atomic E-state index is 12.8. The quantitative estimate of drug-likeness (QED) is 0.306. The fourth-order valence-electron chi connectivity index (χ4n) is 11.0. The number of rotatable bonds is 3.